The van der Waals surface area contributed by atoms with Crippen LogP contribution in [0.5, 0.6) is 0 Å². The zero-order valence-corrected chi connectivity index (χ0v) is 15.0. The lowest BCUT2D eigenvalue weighted by atomic mass is 9.66. The van der Waals surface area contributed by atoms with E-state index in [0.717, 1.165) is 31.0 Å². The number of carbonyl (C=O) groups is 1. The second-order valence-electron chi connectivity index (χ2n) is 6.87. The summed E-state index contributed by atoms with van der Waals surface area (Å²) in [6.45, 7) is 0.633. The molecule has 2 heterocycles. The normalized spacial score (nSPS) is 14.9. The molecule has 1 saturated carbocycles. The zero-order chi connectivity index (χ0) is 19.6. The smallest absolute Gasteiger partial charge is 0.335 e. The first-order valence-corrected chi connectivity index (χ1v) is 8.96. The summed E-state index contributed by atoms with van der Waals surface area (Å²) < 4.78 is 14.1. The molecule has 0 saturated heterocycles. The first-order valence-electron chi connectivity index (χ1n) is 8.96. The van der Waals surface area contributed by atoms with Gasteiger partial charge in [0.2, 0.25) is 5.95 Å². The Bertz CT molecular complexity index is 991. The number of carboxylic acid groups (broad SMARTS) is 1. The van der Waals surface area contributed by atoms with Gasteiger partial charge < -0.3 is 10.4 Å². The van der Waals surface area contributed by atoms with Gasteiger partial charge in [0.1, 0.15) is 11.5 Å². The van der Waals surface area contributed by atoms with Gasteiger partial charge in [-0.2, -0.15) is 0 Å². The van der Waals surface area contributed by atoms with Gasteiger partial charge in [-0.25, -0.2) is 14.2 Å². The fourth-order valence-electron chi connectivity index (χ4n) is 3.39. The van der Waals surface area contributed by atoms with Crippen molar-refractivity contribution in [2.24, 2.45) is 0 Å². The standard InChI is InChI=1S/C20H18FN5O2/c21-15-6-5-13(18(27)28)10-14(15)16-11-23-19(26-25-16)24-12-20(7-3-8-20)17-4-1-2-9-22-17/h1-2,4-6,9-11H,3,7-8,12H2,(H,27,28)(H,23,24,26). The van der Waals surface area contributed by atoms with Crippen LogP contribution in [0, 0.1) is 5.82 Å². The third kappa shape index (κ3) is 3.40. The number of halogens is 1. The SMILES string of the molecule is O=C(O)c1ccc(F)c(-c2cnc(NCC3(c4ccccn4)CCC3)nn2)c1. The number of rotatable bonds is 6. The molecule has 2 N–H and O–H groups in total. The summed E-state index contributed by atoms with van der Waals surface area (Å²) in [4.78, 5) is 19.8. The Morgan fingerprint density at radius 1 is 1.18 bits per heavy atom. The maximum absolute atomic E-state index is 14.1. The highest BCUT2D eigenvalue weighted by atomic mass is 19.1. The fourth-order valence-corrected chi connectivity index (χ4v) is 3.39. The van der Waals surface area contributed by atoms with Crippen molar-refractivity contribution < 1.29 is 14.3 Å². The van der Waals surface area contributed by atoms with Crippen molar-refractivity contribution in [1.29, 1.82) is 0 Å². The Labute approximate surface area is 160 Å². The molecule has 28 heavy (non-hydrogen) atoms. The number of nitrogens with zero attached hydrogens (tertiary/aromatic N) is 4. The predicted molar refractivity (Wildman–Crippen MR) is 100 cm³/mol. The van der Waals surface area contributed by atoms with Gasteiger partial charge in [0.05, 0.1) is 11.8 Å². The minimum atomic E-state index is -1.14. The van der Waals surface area contributed by atoms with E-state index in [1.54, 1.807) is 6.20 Å². The largest absolute Gasteiger partial charge is 0.478 e. The van der Waals surface area contributed by atoms with E-state index in [2.05, 4.69) is 25.5 Å². The molecule has 0 unspecified atom stereocenters. The molecule has 3 aromatic rings. The van der Waals surface area contributed by atoms with E-state index in [9.17, 15) is 9.18 Å². The van der Waals surface area contributed by atoms with E-state index in [1.807, 2.05) is 18.2 Å². The van der Waals surface area contributed by atoms with Crippen LogP contribution < -0.4 is 5.32 Å². The summed E-state index contributed by atoms with van der Waals surface area (Å²) in [6, 6.07) is 9.43. The lowest BCUT2D eigenvalue weighted by Crippen LogP contribution is -2.41. The van der Waals surface area contributed by atoms with Crippen LogP contribution in [0.1, 0.15) is 35.3 Å². The van der Waals surface area contributed by atoms with Crippen molar-refractivity contribution in [3.05, 3.63) is 65.9 Å². The molecule has 1 aliphatic carbocycles. The minimum absolute atomic E-state index is 0.0253. The van der Waals surface area contributed by atoms with Gasteiger partial charge in [-0.1, -0.05) is 12.5 Å². The van der Waals surface area contributed by atoms with Crippen molar-refractivity contribution in [3.63, 3.8) is 0 Å². The number of anilines is 1. The molecule has 0 radical (unpaired) electrons. The van der Waals surface area contributed by atoms with Crippen molar-refractivity contribution in [3.8, 4) is 11.3 Å². The van der Waals surface area contributed by atoms with Gasteiger partial charge in [-0.15, -0.1) is 10.2 Å². The van der Waals surface area contributed by atoms with E-state index in [-0.39, 0.29) is 22.2 Å². The number of nitrogens with one attached hydrogen (secondary N) is 1. The van der Waals surface area contributed by atoms with Gasteiger partial charge in [-0.3, -0.25) is 4.98 Å². The number of aromatic carboxylic acids is 1. The number of hydrogen-bond acceptors (Lipinski definition) is 6. The van der Waals surface area contributed by atoms with Crippen molar-refractivity contribution in [2.75, 3.05) is 11.9 Å². The molecule has 8 heteroatoms. The summed E-state index contributed by atoms with van der Waals surface area (Å²) >= 11 is 0. The minimum Gasteiger partial charge on any atom is -0.478 e. The van der Waals surface area contributed by atoms with E-state index in [0.29, 0.717) is 12.5 Å². The number of benzene rings is 1. The summed E-state index contributed by atoms with van der Waals surface area (Å²) in [7, 11) is 0. The maximum Gasteiger partial charge on any atom is 0.335 e. The lowest BCUT2D eigenvalue weighted by Gasteiger charge is -2.41. The van der Waals surface area contributed by atoms with Gasteiger partial charge in [-0.05, 0) is 43.2 Å². The van der Waals surface area contributed by atoms with Crippen molar-refractivity contribution in [1.82, 2.24) is 20.2 Å². The highest BCUT2D eigenvalue weighted by molar-refractivity contribution is 5.89. The fraction of sp³-hybridized carbons (Fsp3) is 0.250. The van der Waals surface area contributed by atoms with Crippen molar-refractivity contribution in [2.45, 2.75) is 24.7 Å². The van der Waals surface area contributed by atoms with Gasteiger partial charge in [0.25, 0.3) is 0 Å². The van der Waals surface area contributed by atoms with Gasteiger partial charge in [0.15, 0.2) is 0 Å². The number of aromatic nitrogens is 4. The maximum atomic E-state index is 14.1. The highest BCUT2D eigenvalue weighted by Crippen LogP contribution is 2.42. The second-order valence-corrected chi connectivity index (χ2v) is 6.87. The first kappa shape index (κ1) is 18.0. The first-order chi connectivity index (χ1) is 13.6. The molecule has 0 aliphatic heterocycles. The molecular weight excluding hydrogens is 361 g/mol. The Morgan fingerprint density at radius 3 is 2.64 bits per heavy atom. The quantitative estimate of drug-likeness (QED) is 0.677. The molecule has 1 fully saturated rings. The molecular formula is C20H18FN5O2. The number of hydrogen-bond donors (Lipinski definition) is 2. The predicted octanol–water partition coefficient (Wildman–Crippen LogP) is 3.30. The van der Waals surface area contributed by atoms with Crippen molar-refractivity contribution >= 4 is 11.9 Å². The summed E-state index contributed by atoms with van der Waals surface area (Å²) in [5.41, 5.74) is 1.21. The topological polar surface area (TPSA) is 101 Å². The highest BCUT2D eigenvalue weighted by Gasteiger charge is 2.39. The van der Waals surface area contributed by atoms with Crippen LogP contribution in [0.15, 0.2) is 48.8 Å². The monoisotopic (exact) mass is 379 g/mol. The summed E-state index contributed by atoms with van der Waals surface area (Å²) in [6.07, 6.45) is 6.40. The van der Waals surface area contributed by atoms with E-state index < -0.39 is 11.8 Å². The van der Waals surface area contributed by atoms with Crippen LogP contribution in [-0.2, 0) is 5.41 Å². The number of pyridine rings is 1. The van der Waals surface area contributed by atoms with Crippen LogP contribution in [0.25, 0.3) is 11.3 Å². The molecule has 142 valence electrons. The average molecular weight is 379 g/mol. The third-order valence-electron chi connectivity index (χ3n) is 5.15. The van der Waals surface area contributed by atoms with Crippen LogP contribution in [0.2, 0.25) is 0 Å². The van der Waals surface area contributed by atoms with Crippen LogP contribution in [0.3, 0.4) is 0 Å². The van der Waals surface area contributed by atoms with Crippen LogP contribution in [-0.4, -0.2) is 37.8 Å². The molecule has 0 spiro atoms. The van der Waals surface area contributed by atoms with E-state index in [1.165, 1.54) is 18.3 Å². The number of carboxylic acids is 1. The molecule has 2 aromatic heterocycles. The summed E-state index contributed by atoms with van der Waals surface area (Å²) in [5.74, 6) is -1.38. The van der Waals surface area contributed by atoms with E-state index >= 15 is 0 Å². The van der Waals surface area contributed by atoms with Gasteiger partial charge >= 0.3 is 5.97 Å². The molecule has 4 rings (SSSR count). The Balaban J connectivity index is 1.50. The second kappa shape index (κ2) is 7.30. The molecule has 0 amide bonds. The Kier molecular flexibility index (Phi) is 4.68. The van der Waals surface area contributed by atoms with Gasteiger partial charge in [0, 0.05) is 29.4 Å². The third-order valence-corrected chi connectivity index (χ3v) is 5.15. The van der Waals surface area contributed by atoms with E-state index in [4.69, 9.17) is 5.11 Å². The Hall–Kier alpha value is -3.42. The van der Waals surface area contributed by atoms with Crippen LogP contribution >= 0.6 is 0 Å². The molecule has 1 aliphatic rings. The zero-order valence-electron chi connectivity index (χ0n) is 15.0. The lowest BCUT2D eigenvalue weighted by molar-refractivity contribution is 0.0697. The Morgan fingerprint density at radius 2 is 2.04 bits per heavy atom. The molecule has 1 aromatic carbocycles. The average Bonchev–Trinajstić information content (AvgIpc) is 2.69. The summed E-state index contributed by atoms with van der Waals surface area (Å²) in [5, 5.41) is 20.3. The molecule has 7 nitrogen and oxygen atoms in total. The molecule has 0 atom stereocenters. The van der Waals surface area contributed by atoms with Crippen LogP contribution in [0.4, 0.5) is 10.3 Å². The molecule has 0 bridgehead atoms.